The van der Waals surface area contributed by atoms with Crippen LogP contribution in [0, 0.1) is 0 Å². The Bertz CT molecular complexity index is 512. The van der Waals surface area contributed by atoms with Crippen LogP contribution in [0.3, 0.4) is 0 Å². The molecule has 2 heterocycles. The van der Waals surface area contributed by atoms with E-state index in [1.165, 1.54) is 0 Å². The predicted octanol–water partition coefficient (Wildman–Crippen LogP) is 2.51. The van der Waals surface area contributed by atoms with E-state index in [0.29, 0.717) is 5.92 Å². The molecule has 0 N–H and O–H groups in total. The van der Waals surface area contributed by atoms with Gasteiger partial charge in [0, 0.05) is 18.9 Å². The number of carbonyl (C=O) groups excluding carboxylic acids is 1. The number of aryl methyl sites for hydroxylation is 1. The lowest BCUT2D eigenvalue weighted by molar-refractivity contribution is 0.112. The van der Waals surface area contributed by atoms with Crippen LogP contribution in [0.5, 0.6) is 0 Å². The Balaban J connectivity index is 2.90. The minimum absolute atomic E-state index is 0.324. The highest BCUT2D eigenvalue weighted by Crippen LogP contribution is 2.27. The van der Waals surface area contributed by atoms with E-state index >= 15 is 0 Å². The summed E-state index contributed by atoms with van der Waals surface area (Å²) in [5.41, 5.74) is 3.60. The van der Waals surface area contributed by atoms with Crippen molar-refractivity contribution >= 4 is 17.3 Å². The average molecular weight is 202 g/mol. The van der Waals surface area contributed by atoms with E-state index in [4.69, 9.17) is 0 Å². The standard InChI is InChI=1S/C12H14N2O/c1-8(2)12-9(7-15)11-10(14(12)3)5-4-6-13-11/h4-8H,1-3H3. The van der Waals surface area contributed by atoms with Gasteiger partial charge in [-0.15, -0.1) is 0 Å². The van der Waals surface area contributed by atoms with Gasteiger partial charge in [0.1, 0.15) is 0 Å². The van der Waals surface area contributed by atoms with Crippen molar-refractivity contribution in [2.75, 3.05) is 0 Å². The smallest absolute Gasteiger partial charge is 0.154 e. The maximum absolute atomic E-state index is 11.1. The Morgan fingerprint density at radius 2 is 2.20 bits per heavy atom. The quantitative estimate of drug-likeness (QED) is 0.701. The Hall–Kier alpha value is -1.64. The number of hydrogen-bond acceptors (Lipinski definition) is 2. The second-order valence-corrected chi connectivity index (χ2v) is 4.00. The van der Waals surface area contributed by atoms with Crippen molar-refractivity contribution in [2.24, 2.45) is 7.05 Å². The highest BCUT2D eigenvalue weighted by Gasteiger charge is 2.17. The van der Waals surface area contributed by atoms with Gasteiger partial charge in [-0.25, -0.2) is 0 Å². The molecule has 0 bridgehead atoms. The van der Waals surface area contributed by atoms with Crippen molar-refractivity contribution in [3.05, 3.63) is 29.6 Å². The lowest BCUT2D eigenvalue weighted by Gasteiger charge is -2.07. The van der Waals surface area contributed by atoms with Crippen LogP contribution in [0.15, 0.2) is 18.3 Å². The Morgan fingerprint density at radius 1 is 1.47 bits per heavy atom. The maximum atomic E-state index is 11.1. The van der Waals surface area contributed by atoms with Gasteiger partial charge in [-0.3, -0.25) is 9.78 Å². The molecule has 2 aromatic heterocycles. The fraction of sp³-hybridized carbons (Fsp3) is 0.333. The SMILES string of the molecule is CC(C)c1c(C=O)c2ncccc2n1C. The summed E-state index contributed by atoms with van der Waals surface area (Å²) in [6.45, 7) is 4.17. The molecular weight excluding hydrogens is 188 g/mol. The number of rotatable bonds is 2. The third kappa shape index (κ3) is 1.35. The Labute approximate surface area is 88.7 Å². The monoisotopic (exact) mass is 202 g/mol. The molecule has 0 aliphatic rings. The van der Waals surface area contributed by atoms with Crippen LogP contribution < -0.4 is 0 Å². The number of hydrogen-bond donors (Lipinski definition) is 0. The molecular formula is C12H14N2O. The van der Waals surface area contributed by atoms with Crippen molar-refractivity contribution in [1.29, 1.82) is 0 Å². The molecule has 2 aromatic rings. The molecule has 0 atom stereocenters. The fourth-order valence-electron chi connectivity index (χ4n) is 2.12. The topological polar surface area (TPSA) is 34.9 Å². The number of aromatic nitrogens is 2. The van der Waals surface area contributed by atoms with E-state index in [-0.39, 0.29) is 0 Å². The fourth-order valence-corrected chi connectivity index (χ4v) is 2.12. The molecule has 0 saturated heterocycles. The zero-order valence-electron chi connectivity index (χ0n) is 9.19. The van der Waals surface area contributed by atoms with Gasteiger partial charge in [-0.1, -0.05) is 13.8 Å². The number of nitrogens with zero attached hydrogens (tertiary/aromatic N) is 2. The summed E-state index contributed by atoms with van der Waals surface area (Å²) >= 11 is 0. The molecule has 0 aromatic carbocycles. The Kier molecular flexibility index (Phi) is 2.31. The van der Waals surface area contributed by atoms with E-state index in [1.807, 2.05) is 19.2 Å². The number of pyridine rings is 1. The molecule has 0 spiro atoms. The van der Waals surface area contributed by atoms with Gasteiger partial charge < -0.3 is 4.57 Å². The zero-order valence-corrected chi connectivity index (χ0v) is 9.19. The summed E-state index contributed by atoms with van der Waals surface area (Å²) in [5.74, 6) is 0.324. The van der Waals surface area contributed by atoms with E-state index in [0.717, 1.165) is 28.6 Å². The van der Waals surface area contributed by atoms with Gasteiger partial charge in [0.2, 0.25) is 0 Å². The largest absolute Gasteiger partial charge is 0.345 e. The summed E-state index contributed by atoms with van der Waals surface area (Å²) in [4.78, 5) is 15.4. The highest BCUT2D eigenvalue weighted by molar-refractivity contribution is 5.97. The first-order chi connectivity index (χ1) is 7.16. The first-order valence-corrected chi connectivity index (χ1v) is 5.05. The zero-order chi connectivity index (χ0) is 11.0. The molecule has 0 unspecified atom stereocenters. The number of carbonyl (C=O) groups is 1. The van der Waals surface area contributed by atoms with Crippen LogP contribution in [0.4, 0.5) is 0 Å². The van der Waals surface area contributed by atoms with Crippen molar-refractivity contribution < 1.29 is 4.79 Å². The predicted molar refractivity (Wildman–Crippen MR) is 60.2 cm³/mol. The van der Waals surface area contributed by atoms with E-state index in [2.05, 4.69) is 23.4 Å². The lowest BCUT2D eigenvalue weighted by Crippen LogP contribution is -2.00. The first-order valence-electron chi connectivity index (χ1n) is 5.05. The van der Waals surface area contributed by atoms with Gasteiger partial charge >= 0.3 is 0 Å². The summed E-state index contributed by atoms with van der Waals surface area (Å²) in [5, 5.41) is 0. The molecule has 3 nitrogen and oxygen atoms in total. The summed E-state index contributed by atoms with van der Waals surface area (Å²) in [6.07, 6.45) is 2.63. The summed E-state index contributed by atoms with van der Waals surface area (Å²) < 4.78 is 2.05. The van der Waals surface area contributed by atoms with Crippen molar-refractivity contribution in [3.8, 4) is 0 Å². The van der Waals surface area contributed by atoms with E-state index in [1.54, 1.807) is 6.20 Å². The van der Waals surface area contributed by atoms with Gasteiger partial charge in [0.05, 0.1) is 16.6 Å². The molecule has 0 aliphatic carbocycles. The van der Waals surface area contributed by atoms with E-state index < -0.39 is 0 Å². The van der Waals surface area contributed by atoms with Crippen molar-refractivity contribution in [1.82, 2.24) is 9.55 Å². The van der Waals surface area contributed by atoms with E-state index in [9.17, 15) is 4.79 Å². The van der Waals surface area contributed by atoms with Gasteiger partial charge in [0.15, 0.2) is 6.29 Å². The van der Waals surface area contributed by atoms with Gasteiger partial charge in [-0.2, -0.15) is 0 Å². The molecule has 0 fully saturated rings. The lowest BCUT2D eigenvalue weighted by atomic mass is 10.1. The molecule has 15 heavy (non-hydrogen) atoms. The first kappa shape index (κ1) is 9.90. The third-order valence-electron chi connectivity index (χ3n) is 2.70. The van der Waals surface area contributed by atoms with Crippen LogP contribution in [-0.2, 0) is 7.05 Å². The molecule has 3 heteroatoms. The minimum Gasteiger partial charge on any atom is -0.345 e. The second-order valence-electron chi connectivity index (χ2n) is 4.00. The van der Waals surface area contributed by atoms with Gasteiger partial charge in [-0.05, 0) is 18.1 Å². The molecule has 0 radical (unpaired) electrons. The van der Waals surface area contributed by atoms with Crippen LogP contribution in [0.25, 0.3) is 11.0 Å². The van der Waals surface area contributed by atoms with Crippen molar-refractivity contribution in [2.45, 2.75) is 19.8 Å². The molecule has 78 valence electrons. The summed E-state index contributed by atoms with van der Waals surface area (Å²) in [6, 6.07) is 3.88. The second kappa shape index (κ2) is 3.50. The van der Waals surface area contributed by atoms with Crippen LogP contribution in [-0.4, -0.2) is 15.8 Å². The molecule has 0 aliphatic heterocycles. The molecule has 2 rings (SSSR count). The Morgan fingerprint density at radius 3 is 2.80 bits per heavy atom. The molecule has 0 amide bonds. The third-order valence-corrected chi connectivity index (χ3v) is 2.70. The van der Waals surface area contributed by atoms with Crippen LogP contribution in [0.1, 0.15) is 35.8 Å². The van der Waals surface area contributed by atoms with Crippen molar-refractivity contribution in [3.63, 3.8) is 0 Å². The van der Waals surface area contributed by atoms with Crippen LogP contribution >= 0.6 is 0 Å². The highest BCUT2D eigenvalue weighted by atomic mass is 16.1. The number of aldehydes is 1. The molecule has 0 saturated carbocycles. The number of fused-ring (bicyclic) bond motifs is 1. The summed E-state index contributed by atoms with van der Waals surface area (Å²) in [7, 11) is 1.98. The maximum Gasteiger partial charge on any atom is 0.154 e. The van der Waals surface area contributed by atoms with Gasteiger partial charge in [0.25, 0.3) is 0 Å². The normalized spacial score (nSPS) is 11.2. The average Bonchev–Trinajstić information content (AvgIpc) is 2.52. The minimum atomic E-state index is 0.324. The van der Waals surface area contributed by atoms with Crippen LogP contribution in [0.2, 0.25) is 0 Å².